The van der Waals surface area contributed by atoms with Gasteiger partial charge in [0.1, 0.15) is 0 Å². The number of carbonyl (C=O) groups is 4. The molecule has 4 rings (SSSR count). The van der Waals surface area contributed by atoms with Crippen molar-refractivity contribution in [2.75, 3.05) is 6.54 Å². The molecule has 3 aromatic rings. The SMILES string of the molecule is NC(=O)c1ccccc1.O=C(CNC(=O)c1cccc(C(F)(F)F)c1)N[C@H]1CCC[C@H]1NC(=O)c1ccc(Cl)cc1. The highest BCUT2D eigenvalue weighted by Crippen LogP contribution is 2.29. The Kier molecular flexibility index (Phi) is 10.9. The van der Waals surface area contributed by atoms with Crippen molar-refractivity contribution in [3.05, 3.63) is 106 Å². The molecule has 2 atom stereocenters. The lowest BCUT2D eigenvalue weighted by Gasteiger charge is -2.22. The Morgan fingerprint density at radius 3 is 1.98 bits per heavy atom. The second kappa shape index (κ2) is 14.3. The fraction of sp³-hybridized carbons (Fsp3) is 0.241. The minimum absolute atomic E-state index is 0.193. The molecular weight excluding hydrogens is 561 g/mol. The molecule has 1 fully saturated rings. The van der Waals surface area contributed by atoms with E-state index in [-0.39, 0.29) is 29.5 Å². The number of halogens is 4. The number of alkyl halides is 3. The van der Waals surface area contributed by atoms with Crippen LogP contribution in [0.3, 0.4) is 0 Å². The number of hydrogen-bond donors (Lipinski definition) is 4. The van der Waals surface area contributed by atoms with E-state index in [1.807, 2.05) is 6.07 Å². The Hall–Kier alpha value is -4.38. The zero-order valence-electron chi connectivity index (χ0n) is 21.7. The highest BCUT2D eigenvalue weighted by atomic mass is 35.5. The van der Waals surface area contributed by atoms with E-state index in [4.69, 9.17) is 17.3 Å². The molecule has 1 aliphatic rings. The predicted molar refractivity (Wildman–Crippen MR) is 147 cm³/mol. The van der Waals surface area contributed by atoms with Crippen LogP contribution in [-0.4, -0.2) is 42.3 Å². The van der Waals surface area contributed by atoms with Gasteiger partial charge >= 0.3 is 6.18 Å². The molecule has 0 bridgehead atoms. The van der Waals surface area contributed by atoms with E-state index in [0.29, 0.717) is 29.0 Å². The van der Waals surface area contributed by atoms with Gasteiger partial charge < -0.3 is 21.7 Å². The van der Waals surface area contributed by atoms with Gasteiger partial charge in [0, 0.05) is 33.8 Å². The van der Waals surface area contributed by atoms with Gasteiger partial charge in [0.2, 0.25) is 11.8 Å². The number of rotatable bonds is 7. The first kappa shape index (κ1) is 31.2. The third-order valence-electron chi connectivity index (χ3n) is 6.21. The molecule has 0 saturated heterocycles. The maximum atomic E-state index is 12.8. The largest absolute Gasteiger partial charge is 0.416 e. The van der Waals surface area contributed by atoms with Crippen LogP contribution in [0.5, 0.6) is 0 Å². The van der Waals surface area contributed by atoms with Gasteiger partial charge in [-0.2, -0.15) is 13.2 Å². The van der Waals surface area contributed by atoms with Crippen molar-refractivity contribution in [2.45, 2.75) is 37.5 Å². The number of benzene rings is 3. The van der Waals surface area contributed by atoms with E-state index in [1.165, 1.54) is 6.07 Å². The van der Waals surface area contributed by atoms with Crippen molar-refractivity contribution in [2.24, 2.45) is 5.73 Å². The summed E-state index contributed by atoms with van der Waals surface area (Å²) in [5.74, 6) is -1.95. The summed E-state index contributed by atoms with van der Waals surface area (Å²) in [4.78, 5) is 47.2. The summed E-state index contributed by atoms with van der Waals surface area (Å²) in [6, 6.07) is 18.5. The fourth-order valence-corrected chi connectivity index (χ4v) is 4.24. The van der Waals surface area contributed by atoms with Gasteiger partial charge in [0.15, 0.2) is 0 Å². The number of amides is 4. The molecule has 1 aliphatic carbocycles. The molecular formula is C29H28ClF3N4O4. The second-order valence-electron chi connectivity index (χ2n) is 9.18. The molecule has 41 heavy (non-hydrogen) atoms. The van der Waals surface area contributed by atoms with Gasteiger partial charge in [-0.15, -0.1) is 0 Å². The Morgan fingerprint density at radius 1 is 0.780 bits per heavy atom. The first-order valence-electron chi connectivity index (χ1n) is 12.6. The molecule has 0 unspecified atom stereocenters. The molecule has 0 heterocycles. The quantitative estimate of drug-likeness (QED) is 0.327. The molecule has 5 N–H and O–H groups in total. The number of hydrogen-bond acceptors (Lipinski definition) is 4. The molecule has 12 heteroatoms. The van der Waals surface area contributed by atoms with Gasteiger partial charge in [-0.25, -0.2) is 0 Å². The average Bonchev–Trinajstić information content (AvgIpc) is 3.38. The van der Waals surface area contributed by atoms with Crippen LogP contribution < -0.4 is 21.7 Å². The molecule has 1 saturated carbocycles. The summed E-state index contributed by atoms with van der Waals surface area (Å²) in [6.45, 7) is -0.399. The first-order valence-corrected chi connectivity index (χ1v) is 13.0. The van der Waals surface area contributed by atoms with Crippen molar-refractivity contribution in [3.63, 3.8) is 0 Å². The number of carbonyl (C=O) groups excluding carboxylic acids is 4. The summed E-state index contributed by atoms with van der Waals surface area (Å²) in [6.07, 6.45) is -2.44. The van der Waals surface area contributed by atoms with Crippen molar-refractivity contribution in [3.8, 4) is 0 Å². The van der Waals surface area contributed by atoms with Crippen LogP contribution >= 0.6 is 11.6 Å². The number of nitrogens with two attached hydrogens (primary N) is 1. The van der Waals surface area contributed by atoms with Gasteiger partial charge in [-0.1, -0.05) is 35.9 Å². The normalized spacial score (nSPS) is 16.1. The highest BCUT2D eigenvalue weighted by Gasteiger charge is 2.32. The van der Waals surface area contributed by atoms with Crippen molar-refractivity contribution in [1.82, 2.24) is 16.0 Å². The topological polar surface area (TPSA) is 130 Å². The summed E-state index contributed by atoms with van der Waals surface area (Å²) < 4.78 is 38.4. The lowest BCUT2D eigenvalue weighted by Crippen LogP contribution is -2.50. The summed E-state index contributed by atoms with van der Waals surface area (Å²) in [5.41, 5.74) is 4.83. The van der Waals surface area contributed by atoms with Gasteiger partial charge in [0.05, 0.1) is 12.1 Å². The van der Waals surface area contributed by atoms with Gasteiger partial charge in [0.25, 0.3) is 11.8 Å². The average molecular weight is 589 g/mol. The van der Waals surface area contributed by atoms with E-state index in [9.17, 15) is 32.3 Å². The number of primary amides is 1. The monoisotopic (exact) mass is 588 g/mol. The molecule has 0 aromatic heterocycles. The summed E-state index contributed by atoms with van der Waals surface area (Å²) in [5, 5.41) is 8.49. The smallest absolute Gasteiger partial charge is 0.366 e. The standard InChI is InChI=1S/C22H21ClF3N3O3.C7H7NO/c23-16-9-7-13(8-10-16)21(32)29-18-6-2-5-17(18)28-19(30)12-27-20(31)14-3-1-4-15(11-14)22(24,25)26;8-7(9)6-4-2-1-3-5-6/h1,3-4,7-11,17-18H,2,5-6,12H2,(H,27,31)(H,28,30)(H,29,32);1-5H,(H2,8,9)/t17-,18+;/m0./s1. The predicted octanol–water partition coefficient (Wildman–Crippen LogP) is 4.34. The highest BCUT2D eigenvalue weighted by molar-refractivity contribution is 6.30. The van der Waals surface area contributed by atoms with Crippen molar-refractivity contribution < 1.29 is 32.3 Å². The van der Waals surface area contributed by atoms with Gasteiger partial charge in [-0.05, 0) is 73.9 Å². The van der Waals surface area contributed by atoms with Crippen LogP contribution in [0, 0.1) is 0 Å². The van der Waals surface area contributed by atoms with Crippen LogP contribution in [0.15, 0.2) is 78.9 Å². The van der Waals surface area contributed by atoms with E-state index in [2.05, 4.69) is 16.0 Å². The second-order valence-corrected chi connectivity index (χ2v) is 9.62. The van der Waals surface area contributed by atoms with Crippen LogP contribution in [0.4, 0.5) is 13.2 Å². The Balaban J connectivity index is 0.000000436. The minimum atomic E-state index is -4.57. The van der Waals surface area contributed by atoms with E-state index in [1.54, 1.807) is 48.5 Å². The van der Waals surface area contributed by atoms with Crippen LogP contribution in [-0.2, 0) is 11.0 Å². The van der Waals surface area contributed by atoms with Crippen molar-refractivity contribution in [1.29, 1.82) is 0 Å². The first-order chi connectivity index (χ1) is 19.4. The maximum absolute atomic E-state index is 12.8. The Labute approximate surface area is 239 Å². The zero-order valence-corrected chi connectivity index (χ0v) is 22.5. The molecule has 8 nitrogen and oxygen atoms in total. The van der Waals surface area contributed by atoms with Crippen LogP contribution in [0.25, 0.3) is 0 Å². The zero-order chi connectivity index (χ0) is 30.0. The Morgan fingerprint density at radius 2 is 1.39 bits per heavy atom. The molecule has 216 valence electrons. The lowest BCUT2D eigenvalue weighted by molar-refractivity contribution is -0.137. The molecule has 0 aliphatic heterocycles. The van der Waals surface area contributed by atoms with E-state index in [0.717, 1.165) is 24.6 Å². The number of nitrogens with one attached hydrogen (secondary N) is 3. The minimum Gasteiger partial charge on any atom is -0.366 e. The Bertz CT molecular complexity index is 1370. The molecule has 0 spiro atoms. The third-order valence-corrected chi connectivity index (χ3v) is 6.46. The third kappa shape index (κ3) is 9.64. The lowest BCUT2D eigenvalue weighted by atomic mass is 10.1. The van der Waals surface area contributed by atoms with E-state index < -0.39 is 30.1 Å². The molecule has 3 aromatic carbocycles. The van der Waals surface area contributed by atoms with Crippen LogP contribution in [0.1, 0.15) is 55.9 Å². The summed E-state index contributed by atoms with van der Waals surface area (Å²) >= 11 is 5.83. The summed E-state index contributed by atoms with van der Waals surface area (Å²) in [7, 11) is 0. The molecule has 4 amide bonds. The fourth-order valence-electron chi connectivity index (χ4n) is 4.12. The van der Waals surface area contributed by atoms with E-state index >= 15 is 0 Å². The maximum Gasteiger partial charge on any atom is 0.416 e. The van der Waals surface area contributed by atoms with Gasteiger partial charge in [-0.3, -0.25) is 19.2 Å². The van der Waals surface area contributed by atoms with Crippen LogP contribution in [0.2, 0.25) is 5.02 Å². The van der Waals surface area contributed by atoms with Crippen molar-refractivity contribution >= 4 is 35.2 Å². The molecule has 0 radical (unpaired) electrons.